The van der Waals surface area contributed by atoms with E-state index in [4.69, 9.17) is 0 Å². The van der Waals surface area contributed by atoms with Crippen LogP contribution in [0.5, 0.6) is 0 Å². The lowest BCUT2D eigenvalue weighted by Crippen LogP contribution is -2.47. The van der Waals surface area contributed by atoms with Crippen LogP contribution in [0, 0.1) is 0 Å². The Morgan fingerprint density at radius 3 is 2.72 bits per heavy atom. The number of nitrogens with one attached hydrogen (secondary N) is 2. The number of anilines is 1. The van der Waals surface area contributed by atoms with Crippen molar-refractivity contribution in [3.8, 4) is 0 Å². The van der Waals surface area contributed by atoms with Crippen LogP contribution in [0.2, 0.25) is 0 Å². The van der Waals surface area contributed by atoms with E-state index in [2.05, 4.69) is 22.5 Å². The van der Waals surface area contributed by atoms with Crippen molar-refractivity contribution in [3.05, 3.63) is 24.0 Å². The van der Waals surface area contributed by atoms with Crippen molar-refractivity contribution < 1.29 is 4.79 Å². The Balaban J connectivity index is 2.11. The molecule has 0 spiro atoms. The predicted octanol–water partition coefficient (Wildman–Crippen LogP) is 2.58. The van der Waals surface area contributed by atoms with Crippen molar-refractivity contribution in [2.24, 2.45) is 0 Å². The van der Waals surface area contributed by atoms with E-state index in [0.29, 0.717) is 5.56 Å². The highest BCUT2D eigenvalue weighted by molar-refractivity contribution is 5.99. The fraction of sp³-hybridized carbons (Fsp3) is 0.571. The minimum absolute atomic E-state index is 0.00819. The summed E-state index contributed by atoms with van der Waals surface area (Å²) in [7, 11) is 1.80. The molecule has 0 atom stereocenters. The molecule has 1 amide bonds. The summed E-state index contributed by atoms with van der Waals surface area (Å²) in [5.41, 5.74) is 1.39. The summed E-state index contributed by atoms with van der Waals surface area (Å²) in [4.78, 5) is 16.3. The molecule has 0 radical (unpaired) electrons. The summed E-state index contributed by atoms with van der Waals surface area (Å²) in [6.07, 6.45) is 9.15. The van der Waals surface area contributed by atoms with Crippen molar-refractivity contribution in [3.63, 3.8) is 0 Å². The van der Waals surface area contributed by atoms with Crippen LogP contribution >= 0.6 is 0 Å². The third kappa shape index (κ3) is 2.81. The molecule has 1 heterocycles. The lowest BCUT2D eigenvalue weighted by molar-refractivity contribution is 0.0883. The number of rotatable bonds is 3. The summed E-state index contributed by atoms with van der Waals surface area (Å²) in [5, 5.41) is 6.18. The van der Waals surface area contributed by atoms with Crippen LogP contribution in [-0.2, 0) is 0 Å². The first-order valence-electron chi connectivity index (χ1n) is 6.59. The summed E-state index contributed by atoms with van der Waals surface area (Å²) >= 11 is 0. The second-order valence-electron chi connectivity index (χ2n) is 5.25. The minimum atomic E-state index is -0.0520. The van der Waals surface area contributed by atoms with Crippen molar-refractivity contribution in [1.82, 2.24) is 10.3 Å². The van der Waals surface area contributed by atoms with Gasteiger partial charge in [-0.25, -0.2) is 0 Å². The van der Waals surface area contributed by atoms with Gasteiger partial charge < -0.3 is 10.6 Å². The average molecular weight is 247 g/mol. The number of carbonyl (C=O) groups is 1. The van der Waals surface area contributed by atoms with Gasteiger partial charge >= 0.3 is 0 Å². The van der Waals surface area contributed by atoms with Gasteiger partial charge in [0.05, 0.1) is 17.4 Å². The Labute approximate surface area is 108 Å². The van der Waals surface area contributed by atoms with E-state index >= 15 is 0 Å². The van der Waals surface area contributed by atoms with Crippen molar-refractivity contribution >= 4 is 11.6 Å². The average Bonchev–Trinajstić information content (AvgIpc) is 2.39. The van der Waals surface area contributed by atoms with Gasteiger partial charge in [0.2, 0.25) is 0 Å². The third-order valence-electron chi connectivity index (χ3n) is 3.71. The molecular weight excluding hydrogens is 226 g/mol. The minimum Gasteiger partial charge on any atom is -0.386 e. The van der Waals surface area contributed by atoms with E-state index in [1.54, 1.807) is 25.5 Å². The van der Waals surface area contributed by atoms with E-state index in [-0.39, 0.29) is 11.4 Å². The van der Waals surface area contributed by atoms with Crippen LogP contribution < -0.4 is 10.6 Å². The summed E-state index contributed by atoms with van der Waals surface area (Å²) in [5.74, 6) is -0.00819. The van der Waals surface area contributed by atoms with Crippen molar-refractivity contribution in [2.45, 2.75) is 44.6 Å². The van der Waals surface area contributed by atoms with E-state index in [0.717, 1.165) is 18.5 Å². The molecule has 1 saturated carbocycles. The first-order chi connectivity index (χ1) is 8.64. The summed E-state index contributed by atoms with van der Waals surface area (Å²) in [6, 6.07) is 1.76. The van der Waals surface area contributed by atoms with Crippen LogP contribution in [0.4, 0.5) is 5.69 Å². The van der Waals surface area contributed by atoms with Gasteiger partial charge in [-0.3, -0.25) is 9.78 Å². The number of aromatic nitrogens is 1. The highest BCUT2D eigenvalue weighted by atomic mass is 16.1. The maximum Gasteiger partial charge on any atom is 0.253 e. The molecule has 0 aliphatic heterocycles. The second kappa shape index (κ2) is 5.38. The Morgan fingerprint density at radius 2 is 2.06 bits per heavy atom. The Kier molecular flexibility index (Phi) is 3.84. The zero-order valence-electron chi connectivity index (χ0n) is 11.1. The van der Waals surface area contributed by atoms with Crippen LogP contribution in [-0.4, -0.2) is 23.5 Å². The van der Waals surface area contributed by atoms with E-state index in [1.807, 2.05) is 0 Å². The van der Waals surface area contributed by atoms with Crippen molar-refractivity contribution in [2.75, 3.05) is 12.4 Å². The Hall–Kier alpha value is -1.58. The van der Waals surface area contributed by atoms with Crippen LogP contribution in [0.15, 0.2) is 18.5 Å². The number of hydrogen-bond donors (Lipinski definition) is 2. The fourth-order valence-corrected chi connectivity index (χ4v) is 2.59. The molecule has 4 heteroatoms. The molecule has 98 valence electrons. The van der Waals surface area contributed by atoms with Crippen LogP contribution in [0.1, 0.15) is 49.4 Å². The van der Waals surface area contributed by atoms with Crippen LogP contribution in [0.3, 0.4) is 0 Å². The van der Waals surface area contributed by atoms with Gasteiger partial charge in [-0.1, -0.05) is 19.3 Å². The number of amides is 1. The number of nitrogens with zero attached hydrogens (tertiary/aromatic N) is 1. The lowest BCUT2D eigenvalue weighted by Gasteiger charge is -2.34. The maximum absolute atomic E-state index is 12.3. The van der Waals surface area contributed by atoms with Gasteiger partial charge in [0.15, 0.2) is 0 Å². The smallest absolute Gasteiger partial charge is 0.253 e. The molecule has 1 fully saturated rings. The van der Waals surface area contributed by atoms with Gasteiger partial charge in [0, 0.05) is 18.8 Å². The molecule has 1 aromatic heterocycles. The first-order valence-corrected chi connectivity index (χ1v) is 6.59. The topological polar surface area (TPSA) is 54.0 Å². The first kappa shape index (κ1) is 12.9. The highest BCUT2D eigenvalue weighted by Crippen LogP contribution is 2.28. The summed E-state index contributed by atoms with van der Waals surface area (Å²) in [6.45, 7) is 2.14. The fourth-order valence-electron chi connectivity index (χ4n) is 2.59. The zero-order valence-corrected chi connectivity index (χ0v) is 11.1. The molecule has 0 unspecified atom stereocenters. The maximum atomic E-state index is 12.3. The normalized spacial score (nSPS) is 18.1. The van der Waals surface area contributed by atoms with Crippen molar-refractivity contribution in [1.29, 1.82) is 0 Å². The molecule has 2 rings (SSSR count). The lowest BCUT2D eigenvalue weighted by atomic mass is 9.83. The van der Waals surface area contributed by atoms with E-state index in [1.165, 1.54) is 19.3 Å². The molecule has 2 N–H and O–H groups in total. The van der Waals surface area contributed by atoms with Gasteiger partial charge in [-0.15, -0.1) is 0 Å². The molecular formula is C14H21N3O. The van der Waals surface area contributed by atoms with Gasteiger partial charge in [-0.05, 0) is 25.8 Å². The molecule has 0 saturated heterocycles. The van der Waals surface area contributed by atoms with E-state index in [9.17, 15) is 4.79 Å². The largest absolute Gasteiger partial charge is 0.386 e. The van der Waals surface area contributed by atoms with Gasteiger partial charge in [0.1, 0.15) is 0 Å². The number of hydrogen-bond acceptors (Lipinski definition) is 3. The standard InChI is InChI=1S/C14H21N3O/c1-14(7-4-3-5-8-14)17-13(18)11-6-9-16-10-12(11)15-2/h6,9-10,15H,3-5,7-8H2,1-2H3,(H,17,18). The molecule has 0 aromatic carbocycles. The number of pyridine rings is 1. The molecule has 1 aliphatic rings. The van der Waals surface area contributed by atoms with E-state index < -0.39 is 0 Å². The highest BCUT2D eigenvalue weighted by Gasteiger charge is 2.29. The quantitative estimate of drug-likeness (QED) is 0.863. The van der Waals surface area contributed by atoms with Gasteiger partial charge in [0.25, 0.3) is 5.91 Å². The summed E-state index contributed by atoms with van der Waals surface area (Å²) < 4.78 is 0. The second-order valence-corrected chi connectivity index (χ2v) is 5.25. The predicted molar refractivity (Wildman–Crippen MR) is 72.7 cm³/mol. The Morgan fingerprint density at radius 1 is 1.33 bits per heavy atom. The van der Waals surface area contributed by atoms with Gasteiger partial charge in [-0.2, -0.15) is 0 Å². The molecule has 1 aliphatic carbocycles. The monoisotopic (exact) mass is 247 g/mol. The molecule has 4 nitrogen and oxygen atoms in total. The number of carbonyl (C=O) groups excluding carboxylic acids is 1. The van der Waals surface area contributed by atoms with Crippen LogP contribution in [0.25, 0.3) is 0 Å². The third-order valence-corrected chi connectivity index (χ3v) is 3.71. The zero-order chi connectivity index (χ0) is 13.0. The Bertz CT molecular complexity index is 425. The SMILES string of the molecule is CNc1cnccc1C(=O)NC1(C)CCCCC1. The molecule has 18 heavy (non-hydrogen) atoms. The molecule has 1 aromatic rings. The molecule has 0 bridgehead atoms.